The molecule has 0 spiro atoms. The Kier molecular flexibility index (Phi) is 4.66. The van der Waals surface area contributed by atoms with E-state index in [9.17, 15) is 4.79 Å². The Hall–Kier alpha value is -2.61. The van der Waals surface area contributed by atoms with E-state index in [0.29, 0.717) is 16.7 Å². The zero-order valence-corrected chi connectivity index (χ0v) is 14.4. The van der Waals surface area contributed by atoms with E-state index in [0.717, 1.165) is 11.3 Å². The lowest BCUT2D eigenvalue weighted by atomic mass is 10.1. The quantitative estimate of drug-likeness (QED) is 0.717. The van der Waals surface area contributed by atoms with E-state index in [1.54, 1.807) is 19.3 Å². The zero-order chi connectivity index (χ0) is 17.1. The number of thioether (sulfide) groups is 1. The van der Waals surface area contributed by atoms with Crippen LogP contribution in [0.1, 0.15) is 16.8 Å². The van der Waals surface area contributed by atoms with Crippen molar-refractivity contribution in [3.8, 4) is 5.69 Å². The summed E-state index contributed by atoms with van der Waals surface area (Å²) in [4.78, 5) is 12.0. The first-order valence-electron chi connectivity index (χ1n) is 7.36. The maximum Gasteiger partial charge on any atom is 0.237 e. The predicted molar refractivity (Wildman–Crippen MR) is 91.4 cm³/mol. The Morgan fingerprint density at radius 2 is 2.12 bits per heavy atom. The first-order chi connectivity index (χ1) is 11.5. The van der Waals surface area contributed by atoms with Crippen molar-refractivity contribution in [1.29, 1.82) is 0 Å². The number of nitrogens with zero attached hydrogens (tertiary/aromatic N) is 4. The van der Waals surface area contributed by atoms with Crippen LogP contribution in [-0.4, -0.2) is 31.6 Å². The minimum Gasteiger partial charge on any atom is -0.338 e. The van der Waals surface area contributed by atoms with Crippen molar-refractivity contribution in [3.63, 3.8) is 0 Å². The van der Waals surface area contributed by atoms with E-state index < -0.39 is 0 Å². The smallest absolute Gasteiger partial charge is 0.237 e. The summed E-state index contributed by atoms with van der Waals surface area (Å²) in [6, 6.07) is 7.83. The molecule has 3 aromatic rings. The van der Waals surface area contributed by atoms with Gasteiger partial charge in [0.25, 0.3) is 0 Å². The van der Waals surface area contributed by atoms with E-state index in [1.807, 2.05) is 30.5 Å². The number of nitrogens with one attached hydrogen (secondary N) is 1. The number of carbonyl (C=O) groups excluding carboxylic acids is 1. The lowest BCUT2D eigenvalue weighted by Crippen LogP contribution is -2.14. The number of aryl methyl sites for hydroxylation is 3. The maximum atomic E-state index is 12.0. The summed E-state index contributed by atoms with van der Waals surface area (Å²) in [5.74, 6) is 0.351. The minimum atomic E-state index is -0.189. The molecule has 0 saturated carbocycles. The second-order valence-electron chi connectivity index (χ2n) is 5.44. The van der Waals surface area contributed by atoms with Gasteiger partial charge in [0.15, 0.2) is 5.16 Å². The molecule has 2 aromatic heterocycles. The molecule has 8 heteroatoms. The maximum absolute atomic E-state index is 12.0. The number of carbonyl (C=O) groups is 1. The van der Waals surface area contributed by atoms with Crippen molar-refractivity contribution in [2.75, 3.05) is 11.1 Å². The van der Waals surface area contributed by atoms with Gasteiger partial charge in [-0.1, -0.05) is 34.6 Å². The van der Waals surface area contributed by atoms with Crippen LogP contribution in [0.2, 0.25) is 0 Å². The molecule has 24 heavy (non-hydrogen) atoms. The lowest BCUT2D eigenvalue weighted by molar-refractivity contribution is -0.113. The van der Waals surface area contributed by atoms with Gasteiger partial charge >= 0.3 is 0 Å². The summed E-state index contributed by atoms with van der Waals surface area (Å²) in [7, 11) is 0. The molecular formula is C16H17N5O2S. The van der Waals surface area contributed by atoms with Gasteiger partial charge in [0.2, 0.25) is 11.8 Å². The second-order valence-corrected chi connectivity index (χ2v) is 6.39. The fourth-order valence-electron chi connectivity index (χ4n) is 2.29. The number of amides is 1. The second kappa shape index (κ2) is 6.88. The predicted octanol–water partition coefficient (Wildman–Crippen LogP) is 2.91. The van der Waals surface area contributed by atoms with Gasteiger partial charge in [-0.2, -0.15) is 0 Å². The number of rotatable bonds is 5. The van der Waals surface area contributed by atoms with Crippen LogP contribution >= 0.6 is 11.8 Å². The molecule has 0 unspecified atom stereocenters. The largest absolute Gasteiger partial charge is 0.338 e. The molecule has 124 valence electrons. The highest BCUT2D eigenvalue weighted by Gasteiger charge is 2.13. The minimum absolute atomic E-state index is 0.189. The Bertz CT molecular complexity index is 871. The normalized spacial score (nSPS) is 10.8. The molecule has 1 aromatic carbocycles. The van der Waals surface area contributed by atoms with Crippen LogP contribution in [0.4, 0.5) is 5.88 Å². The van der Waals surface area contributed by atoms with Crippen molar-refractivity contribution in [2.24, 2.45) is 0 Å². The molecule has 0 atom stereocenters. The van der Waals surface area contributed by atoms with E-state index in [2.05, 4.69) is 26.7 Å². The molecule has 0 saturated heterocycles. The highest BCUT2D eigenvalue weighted by atomic mass is 32.2. The topological polar surface area (TPSA) is 85.8 Å². The number of hydrogen-bond donors (Lipinski definition) is 1. The number of benzene rings is 1. The van der Waals surface area contributed by atoms with Crippen molar-refractivity contribution in [1.82, 2.24) is 19.9 Å². The number of aromatic nitrogens is 4. The Morgan fingerprint density at radius 1 is 1.29 bits per heavy atom. The van der Waals surface area contributed by atoms with Gasteiger partial charge < -0.3 is 4.52 Å². The van der Waals surface area contributed by atoms with Gasteiger partial charge in [0.05, 0.1) is 17.1 Å². The summed E-state index contributed by atoms with van der Waals surface area (Å²) in [5.41, 5.74) is 4.03. The lowest BCUT2D eigenvalue weighted by Gasteiger charge is -2.10. The van der Waals surface area contributed by atoms with Crippen LogP contribution in [0, 0.1) is 20.8 Å². The van der Waals surface area contributed by atoms with E-state index in [-0.39, 0.29) is 11.7 Å². The van der Waals surface area contributed by atoms with Gasteiger partial charge in [-0.25, -0.2) is 0 Å². The molecular weight excluding hydrogens is 326 g/mol. The Balaban J connectivity index is 1.68. The molecule has 2 heterocycles. The van der Waals surface area contributed by atoms with E-state index in [1.165, 1.54) is 17.3 Å². The third-order valence-electron chi connectivity index (χ3n) is 3.35. The van der Waals surface area contributed by atoms with Gasteiger partial charge in [0.1, 0.15) is 6.33 Å². The molecule has 0 aliphatic carbocycles. The molecule has 7 nitrogen and oxygen atoms in total. The average Bonchev–Trinajstić information content (AvgIpc) is 3.14. The molecule has 0 bridgehead atoms. The molecule has 0 aliphatic heterocycles. The van der Waals surface area contributed by atoms with Gasteiger partial charge in [-0.15, -0.1) is 10.2 Å². The van der Waals surface area contributed by atoms with Crippen LogP contribution in [-0.2, 0) is 4.79 Å². The first-order valence-corrected chi connectivity index (χ1v) is 8.35. The van der Waals surface area contributed by atoms with Crippen molar-refractivity contribution >= 4 is 23.6 Å². The summed E-state index contributed by atoms with van der Waals surface area (Å²) >= 11 is 1.31. The molecule has 3 rings (SSSR count). The first kappa shape index (κ1) is 16.3. The third-order valence-corrected chi connectivity index (χ3v) is 4.29. The van der Waals surface area contributed by atoms with Crippen LogP contribution in [0.15, 0.2) is 40.3 Å². The Labute approximate surface area is 143 Å². The third kappa shape index (κ3) is 3.65. The monoisotopic (exact) mass is 343 g/mol. The molecule has 1 N–H and O–H groups in total. The number of anilines is 1. The van der Waals surface area contributed by atoms with Gasteiger partial charge in [0, 0.05) is 6.07 Å². The van der Waals surface area contributed by atoms with Crippen molar-refractivity contribution in [3.05, 3.63) is 47.4 Å². The van der Waals surface area contributed by atoms with Crippen molar-refractivity contribution < 1.29 is 9.32 Å². The summed E-state index contributed by atoms with van der Waals surface area (Å²) < 4.78 is 6.85. The molecule has 0 aliphatic rings. The SMILES string of the molecule is Cc1ccc(-n2cnnc2SCC(=O)Nc2cc(C)no2)c(C)c1. The summed E-state index contributed by atoms with van der Waals surface area (Å²) in [6.45, 7) is 5.88. The van der Waals surface area contributed by atoms with Crippen LogP contribution in [0.5, 0.6) is 0 Å². The van der Waals surface area contributed by atoms with E-state index >= 15 is 0 Å². The van der Waals surface area contributed by atoms with Gasteiger partial charge in [-0.05, 0) is 32.4 Å². The summed E-state index contributed by atoms with van der Waals surface area (Å²) in [6.07, 6.45) is 1.65. The standard InChI is InChI=1S/C16H17N5O2S/c1-10-4-5-13(11(2)6-10)21-9-17-19-16(21)24-8-14(22)18-15-7-12(3)20-23-15/h4-7,9H,8H2,1-3H3,(H,18,22). The Morgan fingerprint density at radius 3 is 2.83 bits per heavy atom. The van der Waals surface area contributed by atoms with E-state index in [4.69, 9.17) is 4.52 Å². The average molecular weight is 343 g/mol. The molecule has 1 amide bonds. The fourth-order valence-corrected chi connectivity index (χ4v) is 3.01. The number of hydrogen-bond acceptors (Lipinski definition) is 6. The van der Waals surface area contributed by atoms with Crippen LogP contribution in [0.3, 0.4) is 0 Å². The van der Waals surface area contributed by atoms with Gasteiger partial charge in [-0.3, -0.25) is 14.7 Å². The van der Waals surface area contributed by atoms with Crippen LogP contribution in [0.25, 0.3) is 5.69 Å². The highest BCUT2D eigenvalue weighted by Crippen LogP contribution is 2.22. The molecule has 0 radical (unpaired) electrons. The van der Waals surface area contributed by atoms with Crippen molar-refractivity contribution in [2.45, 2.75) is 25.9 Å². The fraction of sp³-hybridized carbons (Fsp3) is 0.250. The highest BCUT2D eigenvalue weighted by molar-refractivity contribution is 7.99. The summed E-state index contributed by atoms with van der Waals surface area (Å²) in [5, 5.41) is 15.1. The zero-order valence-electron chi connectivity index (χ0n) is 13.6. The molecule has 0 fully saturated rings. The van der Waals surface area contributed by atoms with Crippen LogP contribution < -0.4 is 5.32 Å².